The number of fused-ring (bicyclic) bond motifs is 1. The van der Waals surface area contributed by atoms with E-state index in [1.54, 1.807) is 0 Å². The van der Waals surface area contributed by atoms with Gasteiger partial charge in [-0.3, -0.25) is 4.68 Å². The fourth-order valence-corrected chi connectivity index (χ4v) is 3.34. The van der Waals surface area contributed by atoms with Crippen molar-refractivity contribution in [3.05, 3.63) is 45.6 Å². The van der Waals surface area contributed by atoms with Gasteiger partial charge in [0.15, 0.2) is 4.60 Å². The molecule has 0 N–H and O–H groups in total. The Bertz CT molecular complexity index is 901. The van der Waals surface area contributed by atoms with Crippen LogP contribution >= 0.6 is 15.9 Å². The second-order valence-corrected chi connectivity index (χ2v) is 7.89. The summed E-state index contributed by atoms with van der Waals surface area (Å²) in [7, 11) is 0. The molecule has 1 aromatic carbocycles. The van der Waals surface area contributed by atoms with Crippen molar-refractivity contribution in [2.24, 2.45) is 0 Å². The molecule has 3 aromatic rings. The number of hydrogen-bond donors (Lipinski definition) is 0. The molecule has 0 aliphatic carbocycles. The first-order chi connectivity index (χ1) is 10.7. The van der Waals surface area contributed by atoms with Gasteiger partial charge in [-0.15, -0.1) is 0 Å². The number of nitrogens with zero attached hydrogens (tertiary/aromatic N) is 3. The third kappa shape index (κ3) is 2.69. The average molecular weight is 372 g/mol. The van der Waals surface area contributed by atoms with Crippen LogP contribution in [0.2, 0.25) is 0 Å². The Morgan fingerprint density at radius 2 is 1.74 bits per heavy atom. The number of rotatable bonds is 1. The van der Waals surface area contributed by atoms with E-state index in [1.165, 1.54) is 22.3 Å². The van der Waals surface area contributed by atoms with Gasteiger partial charge in [0, 0.05) is 5.56 Å². The first-order valence-corrected chi connectivity index (χ1v) is 8.62. The molecule has 120 valence electrons. The van der Waals surface area contributed by atoms with Crippen LogP contribution in [0, 0.1) is 20.8 Å². The predicted octanol–water partition coefficient (Wildman–Crippen LogP) is 5.54. The van der Waals surface area contributed by atoms with Gasteiger partial charge in [-0.25, -0.2) is 4.98 Å². The van der Waals surface area contributed by atoms with Gasteiger partial charge >= 0.3 is 0 Å². The van der Waals surface area contributed by atoms with E-state index < -0.39 is 0 Å². The van der Waals surface area contributed by atoms with Gasteiger partial charge < -0.3 is 0 Å². The van der Waals surface area contributed by atoms with Crippen molar-refractivity contribution in [3.8, 4) is 11.3 Å². The van der Waals surface area contributed by atoms with Crippen molar-refractivity contribution in [3.63, 3.8) is 0 Å². The summed E-state index contributed by atoms with van der Waals surface area (Å²) in [6, 6.07) is 8.57. The second-order valence-electron chi connectivity index (χ2n) is 7.14. The van der Waals surface area contributed by atoms with Crippen LogP contribution in [0.1, 0.15) is 37.5 Å². The van der Waals surface area contributed by atoms with E-state index in [0.29, 0.717) is 0 Å². The van der Waals surface area contributed by atoms with Gasteiger partial charge in [-0.05, 0) is 80.2 Å². The lowest BCUT2D eigenvalue weighted by molar-refractivity contribution is 0.367. The molecular weight excluding hydrogens is 350 g/mol. The molecule has 0 saturated carbocycles. The van der Waals surface area contributed by atoms with Crippen LogP contribution in [0.5, 0.6) is 0 Å². The van der Waals surface area contributed by atoms with E-state index in [1.807, 2.05) is 4.68 Å². The molecule has 2 heterocycles. The molecular formula is C19H22BrN3. The maximum atomic E-state index is 4.95. The van der Waals surface area contributed by atoms with Gasteiger partial charge in [0.1, 0.15) is 5.52 Å². The molecule has 0 amide bonds. The molecule has 0 atom stereocenters. The highest BCUT2D eigenvalue weighted by molar-refractivity contribution is 9.10. The number of pyridine rings is 1. The van der Waals surface area contributed by atoms with E-state index in [-0.39, 0.29) is 5.54 Å². The molecule has 0 fully saturated rings. The quantitative estimate of drug-likeness (QED) is 0.561. The van der Waals surface area contributed by atoms with Gasteiger partial charge in [0.05, 0.1) is 16.7 Å². The topological polar surface area (TPSA) is 30.7 Å². The third-order valence-electron chi connectivity index (χ3n) is 4.30. The van der Waals surface area contributed by atoms with Crippen molar-refractivity contribution in [2.75, 3.05) is 0 Å². The van der Waals surface area contributed by atoms with Gasteiger partial charge in [0.2, 0.25) is 0 Å². The van der Waals surface area contributed by atoms with Crippen molar-refractivity contribution < 1.29 is 0 Å². The fourth-order valence-electron chi connectivity index (χ4n) is 2.89. The molecule has 0 aliphatic heterocycles. The number of hydrogen-bond acceptors (Lipinski definition) is 2. The molecule has 0 unspecified atom stereocenters. The van der Waals surface area contributed by atoms with Crippen molar-refractivity contribution in [2.45, 2.75) is 47.1 Å². The highest BCUT2D eigenvalue weighted by Gasteiger charge is 2.22. The number of aryl methyl sites for hydroxylation is 2. The van der Waals surface area contributed by atoms with Crippen molar-refractivity contribution in [1.82, 2.24) is 14.8 Å². The van der Waals surface area contributed by atoms with Crippen LogP contribution in [0.15, 0.2) is 28.9 Å². The van der Waals surface area contributed by atoms with Gasteiger partial charge in [-0.2, -0.15) is 5.10 Å². The summed E-state index contributed by atoms with van der Waals surface area (Å²) in [5.74, 6) is 0. The van der Waals surface area contributed by atoms with Gasteiger partial charge in [-0.1, -0.05) is 18.2 Å². The summed E-state index contributed by atoms with van der Waals surface area (Å²) >= 11 is 3.58. The maximum absolute atomic E-state index is 4.95. The minimum Gasteiger partial charge on any atom is -0.257 e. The summed E-state index contributed by atoms with van der Waals surface area (Å²) in [5, 5.41) is 4.65. The smallest absolute Gasteiger partial charge is 0.154 e. The third-order valence-corrected chi connectivity index (χ3v) is 4.83. The van der Waals surface area contributed by atoms with E-state index in [0.717, 1.165) is 21.3 Å². The summed E-state index contributed by atoms with van der Waals surface area (Å²) in [6.45, 7) is 12.9. The maximum Gasteiger partial charge on any atom is 0.154 e. The largest absolute Gasteiger partial charge is 0.257 e. The lowest BCUT2D eigenvalue weighted by Crippen LogP contribution is -2.23. The zero-order chi connectivity index (χ0) is 16.9. The van der Waals surface area contributed by atoms with Crippen molar-refractivity contribution >= 4 is 27.0 Å². The predicted molar refractivity (Wildman–Crippen MR) is 99.9 cm³/mol. The summed E-state index contributed by atoms with van der Waals surface area (Å²) in [6.07, 6.45) is 0. The summed E-state index contributed by atoms with van der Waals surface area (Å²) in [5.41, 5.74) is 7.86. The Morgan fingerprint density at radius 1 is 1.04 bits per heavy atom. The van der Waals surface area contributed by atoms with E-state index in [4.69, 9.17) is 4.98 Å². The van der Waals surface area contributed by atoms with E-state index in [2.05, 4.69) is 86.8 Å². The highest BCUT2D eigenvalue weighted by Crippen LogP contribution is 2.33. The lowest BCUT2D eigenvalue weighted by atomic mass is 9.98. The first kappa shape index (κ1) is 16.2. The molecule has 0 aliphatic rings. The minimum absolute atomic E-state index is 0.0842. The van der Waals surface area contributed by atoms with E-state index >= 15 is 0 Å². The minimum atomic E-state index is -0.0842. The SMILES string of the molecule is Cc1cc2c(nc1-c1cccc(C)c1C)c(Br)nn2C(C)(C)C. The molecule has 3 rings (SSSR count). The van der Waals surface area contributed by atoms with Crippen LogP contribution in [0.4, 0.5) is 0 Å². The Morgan fingerprint density at radius 3 is 2.39 bits per heavy atom. The average Bonchev–Trinajstić information content (AvgIpc) is 2.78. The Balaban J connectivity index is 2.32. The van der Waals surface area contributed by atoms with Crippen LogP contribution in [-0.2, 0) is 5.54 Å². The monoisotopic (exact) mass is 371 g/mol. The van der Waals surface area contributed by atoms with Crippen LogP contribution in [0.25, 0.3) is 22.3 Å². The number of aromatic nitrogens is 3. The summed E-state index contributed by atoms with van der Waals surface area (Å²) < 4.78 is 2.84. The zero-order valence-electron chi connectivity index (χ0n) is 14.5. The molecule has 4 heteroatoms. The molecule has 2 aromatic heterocycles. The summed E-state index contributed by atoms with van der Waals surface area (Å²) in [4.78, 5) is 4.95. The van der Waals surface area contributed by atoms with Crippen LogP contribution < -0.4 is 0 Å². The molecule has 0 saturated heterocycles. The molecule has 0 spiro atoms. The number of benzene rings is 1. The second kappa shape index (κ2) is 5.45. The Hall–Kier alpha value is -1.68. The highest BCUT2D eigenvalue weighted by atomic mass is 79.9. The molecule has 23 heavy (non-hydrogen) atoms. The standard InChI is InChI=1S/C19H22BrN3/c1-11-8-7-9-14(13(11)3)16-12(2)10-15-17(21-16)18(20)22-23(15)19(4,5)6/h7-10H,1-6H3. The van der Waals surface area contributed by atoms with E-state index in [9.17, 15) is 0 Å². The zero-order valence-corrected chi connectivity index (χ0v) is 16.1. The first-order valence-electron chi connectivity index (χ1n) is 7.83. The molecule has 0 bridgehead atoms. The molecule has 0 radical (unpaired) electrons. The Labute approximate surface area is 145 Å². The lowest BCUT2D eigenvalue weighted by Gasteiger charge is -2.20. The number of halogens is 1. The van der Waals surface area contributed by atoms with Crippen molar-refractivity contribution in [1.29, 1.82) is 0 Å². The van der Waals surface area contributed by atoms with Crippen LogP contribution in [-0.4, -0.2) is 14.8 Å². The molecule has 3 nitrogen and oxygen atoms in total. The normalized spacial score (nSPS) is 12.1. The van der Waals surface area contributed by atoms with Crippen LogP contribution in [0.3, 0.4) is 0 Å². The Kier molecular flexibility index (Phi) is 3.83. The fraction of sp³-hybridized carbons (Fsp3) is 0.368. The van der Waals surface area contributed by atoms with Gasteiger partial charge in [0.25, 0.3) is 0 Å².